The number of aryl methyl sites for hydroxylation is 1. The largest absolute Gasteiger partial charge is 0.611 e. The monoisotopic (exact) mass is 625 g/mol. The summed E-state index contributed by atoms with van der Waals surface area (Å²) in [4.78, 5) is 22.6. The molecule has 2 heterocycles. The van der Waals surface area contributed by atoms with Crippen LogP contribution < -0.4 is 25.4 Å². The number of methoxy groups -OCH3 is 1. The summed E-state index contributed by atoms with van der Waals surface area (Å²) in [5, 5.41) is 15.3. The number of ether oxygens (including phenoxy) is 2. The first kappa shape index (κ1) is 30.2. The Morgan fingerprint density at radius 1 is 1.02 bits per heavy atom. The highest BCUT2D eigenvalue weighted by atomic mass is 32.2. The standard InChI is InChI=1S/C33H35N7O4S/c1-33(2,3)28-19-29(40(4)39-28)37-32(41)36-26-12-13-27(25-9-7-6-8-24(25)26)44-30-14-15-34-31(38-30)35-20-16-21(43-5)18-23(17-20)45(42)22-10-11-22/h6-9,12-19,22H,10-11H2,1-5H3,(H,34,35,38)(H2,36,37,41). The quantitative estimate of drug-likeness (QED) is 0.147. The summed E-state index contributed by atoms with van der Waals surface area (Å²) in [6, 6.07) is 19.8. The van der Waals surface area contributed by atoms with Crippen molar-refractivity contribution in [2.75, 3.05) is 23.1 Å². The summed E-state index contributed by atoms with van der Waals surface area (Å²) in [5.74, 6) is 2.39. The Balaban J connectivity index is 1.19. The van der Waals surface area contributed by atoms with Crippen LogP contribution in [-0.2, 0) is 23.6 Å². The lowest BCUT2D eigenvalue weighted by atomic mass is 9.92. The normalized spacial score (nSPS) is 13.7. The summed E-state index contributed by atoms with van der Waals surface area (Å²) in [6.45, 7) is 6.22. The van der Waals surface area contributed by atoms with Crippen molar-refractivity contribution in [2.24, 2.45) is 7.05 Å². The zero-order valence-electron chi connectivity index (χ0n) is 25.7. The van der Waals surface area contributed by atoms with E-state index in [1.807, 2.05) is 36.4 Å². The van der Waals surface area contributed by atoms with Gasteiger partial charge in [-0.15, -0.1) is 0 Å². The number of hydrogen-bond acceptors (Lipinski definition) is 8. The fraction of sp³-hybridized carbons (Fsp3) is 0.273. The Hall–Kier alpha value is -4.81. The van der Waals surface area contributed by atoms with Crippen LogP contribution in [0, 0.1) is 0 Å². The minimum atomic E-state index is -1.09. The van der Waals surface area contributed by atoms with Gasteiger partial charge < -0.3 is 24.7 Å². The van der Waals surface area contributed by atoms with Crippen molar-refractivity contribution in [1.82, 2.24) is 19.7 Å². The van der Waals surface area contributed by atoms with Crippen molar-refractivity contribution in [1.29, 1.82) is 0 Å². The van der Waals surface area contributed by atoms with Crippen molar-refractivity contribution in [2.45, 2.75) is 49.2 Å². The number of nitrogens with one attached hydrogen (secondary N) is 3. The molecule has 3 N–H and O–H groups in total. The first-order chi connectivity index (χ1) is 21.6. The number of carbonyl (C=O) groups excluding carboxylic acids is 1. The van der Waals surface area contributed by atoms with Gasteiger partial charge in [0.1, 0.15) is 22.6 Å². The van der Waals surface area contributed by atoms with Gasteiger partial charge in [-0.05, 0) is 23.3 Å². The maximum Gasteiger partial charge on any atom is 0.324 e. The van der Waals surface area contributed by atoms with E-state index in [1.165, 1.54) is 0 Å². The number of anilines is 4. The van der Waals surface area contributed by atoms with Crippen LogP contribution in [0.4, 0.5) is 27.9 Å². The summed E-state index contributed by atoms with van der Waals surface area (Å²) in [7, 11) is 3.38. The van der Waals surface area contributed by atoms with Gasteiger partial charge in [0, 0.05) is 78.3 Å². The summed E-state index contributed by atoms with van der Waals surface area (Å²) in [6.07, 6.45) is 3.54. The van der Waals surface area contributed by atoms with E-state index in [1.54, 1.807) is 55.4 Å². The van der Waals surface area contributed by atoms with Gasteiger partial charge in [0.05, 0.1) is 18.5 Å². The minimum Gasteiger partial charge on any atom is -0.611 e. The molecule has 1 atom stereocenters. The van der Waals surface area contributed by atoms with E-state index in [2.05, 4.69) is 51.8 Å². The molecule has 0 radical (unpaired) electrons. The average Bonchev–Trinajstić information content (AvgIpc) is 3.80. The molecule has 12 heteroatoms. The van der Waals surface area contributed by atoms with Crippen molar-refractivity contribution in [3.63, 3.8) is 0 Å². The van der Waals surface area contributed by atoms with E-state index in [0.29, 0.717) is 45.4 Å². The first-order valence-corrected chi connectivity index (χ1v) is 15.8. The van der Waals surface area contributed by atoms with Crippen molar-refractivity contribution in [3.8, 4) is 17.4 Å². The van der Waals surface area contributed by atoms with Crippen LogP contribution in [0.25, 0.3) is 10.8 Å². The number of urea groups is 1. The maximum atomic E-state index is 13.0. The Morgan fingerprint density at radius 2 is 1.80 bits per heavy atom. The van der Waals surface area contributed by atoms with Gasteiger partial charge in [-0.1, -0.05) is 45.0 Å². The van der Waals surface area contributed by atoms with Crippen LogP contribution in [0.3, 0.4) is 0 Å². The number of amides is 2. The SMILES string of the molecule is COc1cc(Nc2nccc(Oc3ccc(NC(=O)Nc4cc(C(C)(C)C)nn4C)c4ccccc34)n2)cc([S+]([O-])C2CC2)c1. The van der Waals surface area contributed by atoms with Crippen LogP contribution in [-0.4, -0.2) is 42.7 Å². The van der Waals surface area contributed by atoms with E-state index in [-0.39, 0.29) is 16.7 Å². The van der Waals surface area contributed by atoms with Crippen LogP contribution >= 0.6 is 0 Å². The molecule has 232 valence electrons. The van der Waals surface area contributed by atoms with E-state index in [4.69, 9.17) is 9.47 Å². The highest BCUT2D eigenvalue weighted by molar-refractivity contribution is 7.92. The zero-order chi connectivity index (χ0) is 31.7. The number of aromatic nitrogens is 4. The maximum absolute atomic E-state index is 13.0. The molecule has 1 aliphatic rings. The predicted molar refractivity (Wildman–Crippen MR) is 176 cm³/mol. The lowest BCUT2D eigenvalue weighted by Crippen LogP contribution is -2.21. The molecule has 0 spiro atoms. The molecular weight excluding hydrogens is 590 g/mol. The summed E-state index contributed by atoms with van der Waals surface area (Å²) >= 11 is -1.09. The van der Waals surface area contributed by atoms with Crippen LogP contribution in [0.1, 0.15) is 39.3 Å². The molecule has 5 aromatic rings. The third-order valence-corrected chi connectivity index (χ3v) is 9.08. The van der Waals surface area contributed by atoms with Gasteiger partial charge in [-0.3, -0.25) is 10.00 Å². The average molecular weight is 626 g/mol. The molecule has 0 aliphatic heterocycles. The lowest BCUT2D eigenvalue weighted by Gasteiger charge is -2.14. The van der Waals surface area contributed by atoms with Gasteiger partial charge in [0.25, 0.3) is 0 Å². The Labute approximate surface area is 264 Å². The molecular formula is C33H35N7O4S. The molecule has 1 aliphatic carbocycles. The molecule has 1 fully saturated rings. The number of carbonyl (C=O) groups is 1. The van der Waals surface area contributed by atoms with Gasteiger partial charge >= 0.3 is 6.03 Å². The molecule has 1 unspecified atom stereocenters. The molecule has 1 saturated carbocycles. The Kier molecular flexibility index (Phi) is 8.26. The lowest BCUT2D eigenvalue weighted by molar-refractivity contribution is 0.262. The number of benzene rings is 3. The van der Waals surface area contributed by atoms with Gasteiger partial charge in [-0.2, -0.15) is 10.1 Å². The highest BCUT2D eigenvalue weighted by Gasteiger charge is 2.36. The van der Waals surface area contributed by atoms with Crippen molar-refractivity contribution in [3.05, 3.63) is 78.6 Å². The fourth-order valence-electron chi connectivity index (χ4n) is 4.74. The van der Waals surface area contributed by atoms with Gasteiger partial charge in [-0.25, -0.2) is 9.78 Å². The van der Waals surface area contributed by atoms with Crippen LogP contribution in [0.2, 0.25) is 0 Å². The number of hydrogen-bond donors (Lipinski definition) is 3. The molecule has 45 heavy (non-hydrogen) atoms. The predicted octanol–water partition coefficient (Wildman–Crippen LogP) is 7.12. The number of nitrogens with zero attached hydrogens (tertiary/aromatic N) is 4. The molecule has 3 aromatic carbocycles. The molecule has 2 amide bonds. The van der Waals surface area contributed by atoms with Gasteiger partial charge in [0.15, 0.2) is 4.90 Å². The highest BCUT2D eigenvalue weighted by Crippen LogP contribution is 2.37. The Bertz CT molecular complexity index is 1870. The zero-order valence-corrected chi connectivity index (χ0v) is 26.6. The van der Waals surface area contributed by atoms with E-state index in [0.717, 1.165) is 29.3 Å². The van der Waals surface area contributed by atoms with Crippen molar-refractivity contribution < 1.29 is 18.8 Å². The summed E-state index contributed by atoms with van der Waals surface area (Å²) < 4.78 is 26.1. The number of fused-ring (bicyclic) bond motifs is 1. The Morgan fingerprint density at radius 3 is 2.51 bits per heavy atom. The second-order valence-corrected chi connectivity index (χ2v) is 13.6. The fourth-order valence-corrected chi connectivity index (χ4v) is 6.17. The third-order valence-electron chi connectivity index (χ3n) is 7.30. The second kappa shape index (κ2) is 12.3. The molecule has 0 saturated heterocycles. The van der Waals surface area contributed by atoms with E-state index < -0.39 is 11.2 Å². The second-order valence-electron chi connectivity index (χ2n) is 11.9. The van der Waals surface area contributed by atoms with Crippen LogP contribution in [0.5, 0.6) is 17.4 Å². The minimum absolute atomic E-state index is 0.142. The van der Waals surface area contributed by atoms with E-state index in [9.17, 15) is 9.35 Å². The smallest absolute Gasteiger partial charge is 0.324 e. The van der Waals surface area contributed by atoms with E-state index >= 15 is 0 Å². The third kappa shape index (κ3) is 6.97. The number of rotatable bonds is 9. The summed E-state index contributed by atoms with van der Waals surface area (Å²) in [5.41, 5.74) is 2.02. The van der Waals surface area contributed by atoms with Crippen molar-refractivity contribution >= 4 is 51.1 Å². The molecule has 2 aromatic heterocycles. The molecule has 11 nitrogen and oxygen atoms in total. The topological polar surface area (TPSA) is 138 Å². The molecule has 6 rings (SSSR count). The van der Waals surface area contributed by atoms with Crippen LogP contribution in [0.15, 0.2) is 77.8 Å². The van der Waals surface area contributed by atoms with Gasteiger partial charge in [0.2, 0.25) is 11.8 Å². The molecule has 0 bridgehead atoms. The first-order valence-electron chi connectivity index (χ1n) is 14.6.